The van der Waals surface area contributed by atoms with Gasteiger partial charge in [0.25, 0.3) is 0 Å². The van der Waals surface area contributed by atoms with Crippen molar-refractivity contribution in [2.24, 2.45) is 0 Å². The SMILES string of the molecule is CCCCCCCOc1cccc(NC(=O)CNc2ccc(I)cc2)c1. The van der Waals surface area contributed by atoms with Crippen LogP contribution in [0.25, 0.3) is 0 Å². The highest BCUT2D eigenvalue weighted by atomic mass is 127. The second-order valence-electron chi connectivity index (χ2n) is 6.20. The van der Waals surface area contributed by atoms with Crippen molar-refractivity contribution in [2.75, 3.05) is 23.8 Å². The number of rotatable bonds is 11. The number of amides is 1. The van der Waals surface area contributed by atoms with Gasteiger partial charge in [0, 0.05) is 21.0 Å². The van der Waals surface area contributed by atoms with Gasteiger partial charge in [0.05, 0.1) is 13.2 Å². The normalized spacial score (nSPS) is 10.4. The molecule has 0 unspecified atom stereocenters. The molecule has 1 amide bonds. The molecular weight excluding hydrogens is 439 g/mol. The second-order valence-corrected chi connectivity index (χ2v) is 7.44. The van der Waals surface area contributed by atoms with Gasteiger partial charge in [-0.2, -0.15) is 0 Å². The van der Waals surface area contributed by atoms with Crippen LogP contribution < -0.4 is 15.4 Å². The molecule has 2 rings (SSSR count). The molecule has 26 heavy (non-hydrogen) atoms. The highest BCUT2D eigenvalue weighted by Crippen LogP contribution is 2.18. The smallest absolute Gasteiger partial charge is 0.243 e. The van der Waals surface area contributed by atoms with E-state index in [9.17, 15) is 4.79 Å². The lowest BCUT2D eigenvalue weighted by molar-refractivity contribution is -0.114. The number of hydrogen-bond donors (Lipinski definition) is 2. The van der Waals surface area contributed by atoms with Gasteiger partial charge in [-0.25, -0.2) is 0 Å². The zero-order chi connectivity index (χ0) is 18.6. The van der Waals surface area contributed by atoms with Gasteiger partial charge >= 0.3 is 0 Å². The molecule has 0 bridgehead atoms. The Labute approximate surface area is 169 Å². The quantitative estimate of drug-likeness (QED) is 0.331. The van der Waals surface area contributed by atoms with E-state index in [1.165, 1.54) is 29.3 Å². The summed E-state index contributed by atoms with van der Waals surface area (Å²) in [5.74, 6) is 0.712. The molecule has 4 nitrogen and oxygen atoms in total. The first-order valence-corrected chi connectivity index (χ1v) is 10.3. The lowest BCUT2D eigenvalue weighted by Crippen LogP contribution is -2.21. The van der Waals surface area contributed by atoms with Crippen molar-refractivity contribution in [3.63, 3.8) is 0 Å². The Balaban J connectivity index is 1.72. The van der Waals surface area contributed by atoms with Crippen molar-refractivity contribution < 1.29 is 9.53 Å². The first-order valence-electron chi connectivity index (χ1n) is 9.19. The predicted molar refractivity (Wildman–Crippen MR) is 117 cm³/mol. The predicted octanol–water partition coefficient (Wildman–Crippen LogP) is 5.69. The number of halogens is 1. The van der Waals surface area contributed by atoms with Gasteiger partial charge in [0.15, 0.2) is 0 Å². The van der Waals surface area contributed by atoms with Gasteiger partial charge in [0.1, 0.15) is 5.75 Å². The van der Waals surface area contributed by atoms with Crippen molar-refractivity contribution in [3.05, 3.63) is 52.1 Å². The van der Waals surface area contributed by atoms with Crippen LogP contribution in [0, 0.1) is 3.57 Å². The van der Waals surface area contributed by atoms with Gasteiger partial charge in [-0.3, -0.25) is 4.79 Å². The van der Waals surface area contributed by atoms with E-state index in [2.05, 4.69) is 40.1 Å². The minimum Gasteiger partial charge on any atom is -0.494 e. The number of unbranched alkanes of at least 4 members (excludes halogenated alkanes) is 4. The lowest BCUT2D eigenvalue weighted by atomic mass is 10.2. The Morgan fingerprint density at radius 3 is 2.54 bits per heavy atom. The zero-order valence-corrected chi connectivity index (χ0v) is 17.4. The summed E-state index contributed by atoms with van der Waals surface area (Å²) in [5.41, 5.74) is 1.68. The molecule has 2 aromatic rings. The number of carbonyl (C=O) groups is 1. The molecule has 0 spiro atoms. The molecule has 2 N–H and O–H groups in total. The molecule has 0 radical (unpaired) electrons. The van der Waals surface area contributed by atoms with E-state index in [1.807, 2.05) is 48.5 Å². The van der Waals surface area contributed by atoms with Crippen molar-refractivity contribution in [2.45, 2.75) is 39.0 Å². The molecule has 0 aromatic heterocycles. The van der Waals surface area contributed by atoms with Gasteiger partial charge < -0.3 is 15.4 Å². The molecule has 0 atom stereocenters. The van der Waals surface area contributed by atoms with Crippen LogP contribution in [0.4, 0.5) is 11.4 Å². The first-order chi connectivity index (χ1) is 12.7. The summed E-state index contributed by atoms with van der Waals surface area (Å²) in [6.45, 7) is 3.16. The average Bonchev–Trinajstić information content (AvgIpc) is 2.64. The molecule has 5 heteroatoms. The van der Waals surface area contributed by atoms with Crippen LogP contribution in [0.2, 0.25) is 0 Å². The number of benzene rings is 2. The van der Waals surface area contributed by atoms with Gasteiger partial charge in [0.2, 0.25) is 5.91 Å². The molecule has 0 fully saturated rings. The summed E-state index contributed by atoms with van der Waals surface area (Å²) in [7, 11) is 0. The lowest BCUT2D eigenvalue weighted by Gasteiger charge is -2.10. The second kappa shape index (κ2) is 11.8. The van der Waals surface area contributed by atoms with Crippen LogP contribution in [-0.4, -0.2) is 19.1 Å². The minimum atomic E-state index is -0.0831. The average molecular weight is 466 g/mol. The van der Waals surface area contributed by atoms with E-state index in [4.69, 9.17) is 4.74 Å². The summed E-state index contributed by atoms with van der Waals surface area (Å²) in [6, 6.07) is 15.5. The van der Waals surface area contributed by atoms with E-state index in [1.54, 1.807) is 0 Å². The van der Waals surface area contributed by atoms with Crippen LogP contribution in [0.5, 0.6) is 5.75 Å². The molecule has 0 heterocycles. The number of nitrogens with one attached hydrogen (secondary N) is 2. The van der Waals surface area contributed by atoms with Crippen molar-refractivity contribution in [1.29, 1.82) is 0 Å². The molecule has 0 aliphatic rings. The third-order valence-corrected chi connectivity index (χ3v) is 4.65. The van der Waals surface area contributed by atoms with E-state index in [0.717, 1.165) is 30.2 Å². The van der Waals surface area contributed by atoms with Crippen molar-refractivity contribution in [3.8, 4) is 5.75 Å². The first kappa shape index (κ1) is 20.6. The summed E-state index contributed by atoms with van der Waals surface area (Å²) in [4.78, 5) is 12.1. The maximum Gasteiger partial charge on any atom is 0.243 e. The highest BCUT2D eigenvalue weighted by Gasteiger charge is 2.04. The maximum absolute atomic E-state index is 12.1. The van der Waals surface area contributed by atoms with Gasteiger partial charge in [-0.1, -0.05) is 38.7 Å². The fraction of sp³-hybridized carbons (Fsp3) is 0.381. The third kappa shape index (κ3) is 8.08. The van der Waals surface area contributed by atoms with E-state index >= 15 is 0 Å². The molecule has 2 aromatic carbocycles. The van der Waals surface area contributed by atoms with Crippen LogP contribution in [0.3, 0.4) is 0 Å². The third-order valence-electron chi connectivity index (χ3n) is 3.93. The summed E-state index contributed by atoms with van der Waals surface area (Å²) in [6.07, 6.45) is 6.08. The van der Waals surface area contributed by atoms with Crippen molar-refractivity contribution in [1.82, 2.24) is 0 Å². The monoisotopic (exact) mass is 466 g/mol. The number of ether oxygens (including phenoxy) is 1. The van der Waals surface area contributed by atoms with Crippen LogP contribution in [-0.2, 0) is 4.79 Å². The molecule has 0 saturated heterocycles. The van der Waals surface area contributed by atoms with E-state index in [-0.39, 0.29) is 12.5 Å². The summed E-state index contributed by atoms with van der Waals surface area (Å²) in [5, 5.41) is 6.02. The molecule has 0 aliphatic heterocycles. The minimum absolute atomic E-state index is 0.0831. The zero-order valence-electron chi connectivity index (χ0n) is 15.3. The Hall–Kier alpha value is -1.76. The number of carbonyl (C=O) groups excluding carboxylic acids is 1. The fourth-order valence-corrected chi connectivity index (χ4v) is 2.87. The van der Waals surface area contributed by atoms with Gasteiger partial charge in [-0.05, 0) is 65.4 Å². The molecule has 0 saturated carbocycles. The molecule has 0 aliphatic carbocycles. The van der Waals surface area contributed by atoms with E-state index in [0.29, 0.717) is 0 Å². The largest absolute Gasteiger partial charge is 0.494 e. The fourth-order valence-electron chi connectivity index (χ4n) is 2.51. The number of anilines is 2. The van der Waals surface area contributed by atoms with Crippen LogP contribution in [0.1, 0.15) is 39.0 Å². The Bertz CT molecular complexity index is 674. The van der Waals surface area contributed by atoms with E-state index < -0.39 is 0 Å². The topological polar surface area (TPSA) is 50.4 Å². The molecular formula is C21H27IN2O2. The summed E-state index contributed by atoms with van der Waals surface area (Å²) >= 11 is 2.25. The highest BCUT2D eigenvalue weighted by molar-refractivity contribution is 14.1. The maximum atomic E-state index is 12.1. The Kier molecular flexibility index (Phi) is 9.31. The van der Waals surface area contributed by atoms with Gasteiger partial charge in [-0.15, -0.1) is 0 Å². The Morgan fingerprint density at radius 1 is 1.00 bits per heavy atom. The van der Waals surface area contributed by atoms with Crippen LogP contribution >= 0.6 is 22.6 Å². The van der Waals surface area contributed by atoms with Crippen molar-refractivity contribution >= 4 is 39.9 Å². The number of hydrogen-bond acceptors (Lipinski definition) is 3. The van der Waals surface area contributed by atoms with Crippen LogP contribution in [0.15, 0.2) is 48.5 Å². The standard InChI is InChI=1S/C21H27IN2O2/c1-2-3-4-5-6-14-26-20-9-7-8-19(15-20)24-21(25)16-23-18-12-10-17(22)11-13-18/h7-13,15,23H,2-6,14,16H2,1H3,(H,24,25). The Morgan fingerprint density at radius 2 is 1.77 bits per heavy atom. The molecule has 140 valence electrons. The summed E-state index contributed by atoms with van der Waals surface area (Å²) < 4.78 is 6.95.